The zero-order valence-electron chi connectivity index (χ0n) is 12.8. The van der Waals surface area contributed by atoms with Gasteiger partial charge in [0.2, 0.25) is 0 Å². The molecule has 0 amide bonds. The van der Waals surface area contributed by atoms with Crippen molar-refractivity contribution in [3.05, 3.63) is 35.6 Å². The summed E-state index contributed by atoms with van der Waals surface area (Å²) in [7, 11) is 2.26. The van der Waals surface area contributed by atoms with E-state index in [1.165, 1.54) is 37.9 Å². The number of hydrogen-bond acceptors (Lipinski definition) is 3. The first kappa shape index (κ1) is 14.9. The summed E-state index contributed by atoms with van der Waals surface area (Å²) in [5.41, 5.74) is 7.32. The second kappa shape index (κ2) is 6.42. The fraction of sp³-hybridized carbons (Fsp3) is 0.647. The number of rotatable bonds is 3. The van der Waals surface area contributed by atoms with E-state index in [0.717, 1.165) is 37.2 Å². The number of piperidine rings is 2. The Morgan fingerprint density at radius 1 is 1.24 bits per heavy atom. The molecule has 0 spiro atoms. The highest BCUT2D eigenvalue weighted by Gasteiger charge is 2.34. The van der Waals surface area contributed by atoms with Gasteiger partial charge in [0.15, 0.2) is 0 Å². The third-order valence-electron chi connectivity index (χ3n) is 5.18. The molecule has 3 rings (SSSR count). The molecule has 0 bridgehead atoms. The van der Waals surface area contributed by atoms with Crippen LogP contribution in [0.3, 0.4) is 0 Å². The van der Waals surface area contributed by atoms with E-state index >= 15 is 0 Å². The molecule has 21 heavy (non-hydrogen) atoms. The summed E-state index contributed by atoms with van der Waals surface area (Å²) in [6.07, 6.45) is 3.91. The molecule has 3 nitrogen and oxygen atoms in total. The number of halogens is 1. The molecule has 2 heterocycles. The van der Waals surface area contributed by atoms with Crippen LogP contribution in [-0.2, 0) is 0 Å². The van der Waals surface area contributed by atoms with Crippen LogP contribution in [0.5, 0.6) is 0 Å². The number of nitrogens with zero attached hydrogens (tertiary/aromatic N) is 2. The lowest BCUT2D eigenvalue weighted by molar-refractivity contribution is 0.0364. The van der Waals surface area contributed by atoms with Gasteiger partial charge in [0, 0.05) is 25.2 Å². The smallest absolute Gasteiger partial charge is 0.123 e. The van der Waals surface area contributed by atoms with Gasteiger partial charge in [-0.3, -0.25) is 0 Å². The predicted molar refractivity (Wildman–Crippen MR) is 83.5 cm³/mol. The van der Waals surface area contributed by atoms with Crippen molar-refractivity contribution in [3.63, 3.8) is 0 Å². The molecule has 2 N–H and O–H groups in total. The van der Waals surface area contributed by atoms with Gasteiger partial charge in [0.05, 0.1) is 0 Å². The minimum Gasteiger partial charge on any atom is -0.323 e. The molecule has 3 atom stereocenters. The van der Waals surface area contributed by atoms with E-state index in [0.29, 0.717) is 0 Å². The van der Waals surface area contributed by atoms with Gasteiger partial charge in [0.25, 0.3) is 0 Å². The van der Waals surface area contributed by atoms with Crippen LogP contribution >= 0.6 is 0 Å². The molecule has 1 aromatic carbocycles. The number of nitrogens with two attached hydrogens (primary N) is 1. The molecule has 0 aromatic heterocycles. The average Bonchev–Trinajstić information content (AvgIpc) is 2.48. The normalized spacial score (nSPS) is 29.1. The molecular weight excluding hydrogens is 265 g/mol. The standard InChI is InChI=1S/C17H26FN3/c1-20-9-2-3-14-11-21(10-8-17(14)20)12-16(19)13-4-6-15(18)7-5-13/h4-7,14,16-17H,2-3,8-12,19H2,1H3. The van der Waals surface area contributed by atoms with Crippen LogP contribution in [0.25, 0.3) is 0 Å². The van der Waals surface area contributed by atoms with Gasteiger partial charge < -0.3 is 15.5 Å². The lowest BCUT2D eigenvalue weighted by Gasteiger charge is -2.46. The van der Waals surface area contributed by atoms with Gasteiger partial charge in [-0.2, -0.15) is 0 Å². The Labute approximate surface area is 126 Å². The van der Waals surface area contributed by atoms with E-state index < -0.39 is 0 Å². The Kier molecular flexibility index (Phi) is 4.57. The van der Waals surface area contributed by atoms with E-state index in [-0.39, 0.29) is 11.9 Å². The minimum absolute atomic E-state index is 0.0246. The van der Waals surface area contributed by atoms with Crippen molar-refractivity contribution in [3.8, 4) is 0 Å². The van der Waals surface area contributed by atoms with Gasteiger partial charge in [-0.15, -0.1) is 0 Å². The molecule has 2 fully saturated rings. The summed E-state index contributed by atoms with van der Waals surface area (Å²) in [6, 6.07) is 7.35. The van der Waals surface area contributed by atoms with Gasteiger partial charge in [-0.05, 0) is 63.0 Å². The Morgan fingerprint density at radius 3 is 2.76 bits per heavy atom. The van der Waals surface area contributed by atoms with Gasteiger partial charge in [0.1, 0.15) is 5.82 Å². The number of fused-ring (bicyclic) bond motifs is 1. The third-order valence-corrected chi connectivity index (χ3v) is 5.18. The average molecular weight is 291 g/mol. The Balaban J connectivity index is 1.57. The van der Waals surface area contributed by atoms with Crippen molar-refractivity contribution >= 4 is 0 Å². The van der Waals surface area contributed by atoms with E-state index in [2.05, 4.69) is 16.8 Å². The monoisotopic (exact) mass is 291 g/mol. The van der Waals surface area contributed by atoms with Crippen molar-refractivity contribution < 1.29 is 4.39 Å². The molecule has 3 unspecified atom stereocenters. The Morgan fingerprint density at radius 2 is 2.00 bits per heavy atom. The molecule has 0 aliphatic carbocycles. The molecule has 116 valence electrons. The van der Waals surface area contributed by atoms with E-state index in [1.807, 2.05) is 0 Å². The first-order valence-electron chi connectivity index (χ1n) is 8.07. The van der Waals surface area contributed by atoms with Crippen molar-refractivity contribution in [2.45, 2.75) is 31.3 Å². The fourth-order valence-corrected chi connectivity index (χ4v) is 3.99. The van der Waals surface area contributed by atoms with Crippen molar-refractivity contribution in [2.75, 3.05) is 33.2 Å². The maximum atomic E-state index is 13.0. The summed E-state index contributed by atoms with van der Waals surface area (Å²) < 4.78 is 13.0. The summed E-state index contributed by atoms with van der Waals surface area (Å²) in [4.78, 5) is 5.03. The third kappa shape index (κ3) is 3.44. The largest absolute Gasteiger partial charge is 0.323 e. The number of benzene rings is 1. The lowest BCUT2D eigenvalue weighted by Crippen LogP contribution is -2.53. The second-order valence-corrected chi connectivity index (χ2v) is 6.66. The van der Waals surface area contributed by atoms with Crippen molar-refractivity contribution in [1.82, 2.24) is 9.80 Å². The van der Waals surface area contributed by atoms with Gasteiger partial charge in [-0.1, -0.05) is 12.1 Å². The zero-order valence-corrected chi connectivity index (χ0v) is 12.8. The fourth-order valence-electron chi connectivity index (χ4n) is 3.99. The van der Waals surface area contributed by atoms with Gasteiger partial charge in [-0.25, -0.2) is 4.39 Å². The quantitative estimate of drug-likeness (QED) is 0.927. The van der Waals surface area contributed by atoms with Crippen LogP contribution < -0.4 is 5.73 Å². The molecule has 1 aromatic rings. The summed E-state index contributed by atoms with van der Waals surface area (Å²) in [5, 5.41) is 0. The molecule has 4 heteroatoms. The topological polar surface area (TPSA) is 32.5 Å². The Hall–Kier alpha value is -0.970. The predicted octanol–water partition coefficient (Wildman–Crippen LogP) is 2.24. The minimum atomic E-state index is -0.197. The highest BCUT2D eigenvalue weighted by molar-refractivity contribution is 5.19. The van der Waals surface area contributed by atoms with Crippen LogP contribution in [0.4, 0.5) is 4.39 Å². The molecule has 2 saturated heterocycles. The second-order valence-electron chi connectivity index (χ2n) is 6.66. The van der Waals surface area contributed by atoms with Crippen LogP contribution in [0.15, 0.2) is 24.3 Å². The Bertz CT molecular complexity index is 462. The maximum Gasteiger partial charge on any atom is 0.123 e. The maximum absolute atomic E-state index is 13.0. The summed E-state index contributed by atoms with van der Waals surface area (Å²) in [5.74, 6) is 0.593. The van der Waals surface area contributed by atoms with Crippen LogP contribution in [-0.4, -0.2) is 49.1 Å². The van der Waals surface area contributed by atoms with Crippen LogP contribution in [0.1, 0.15) is 30.9 Å². The van der Waals surface area contributed by atoms with Crippen LogP contribution in [0, 0.1) is 11.7 Å². The van der Waals surface area contributed by atoms with E-state index in [1.54, 1.807) is 12.1 Å². The van der Waals surface area contributed by atoms with E-state index in [9.17, 15) is 4.39 Å². The zero-order chi connectivity index (χ0) is 14.8. The SMILES string of the molecule is CN1CCCC2CN(CC(N)c3ccc(F)cc3)CCC21. The molecule has 0 radical (unpaired) electrons. The lowest BCUT2D eigenvalue weighted by atomic mass is 9.84. The van der Waals surface area contributed by atoms with Crippen LogP contribution in [0.2, 0.25) is 0 Å². The molecule has 0 saturated carbocycles. The van der Waals surface area contributed by atoms with Gasteiger partial charge >= 0.3 is 0 Å². The first-order valence-corrected chi connectivity index (χ1v) is 8.07. The first-order chi connectivity index (χ1) is 10.1. The molecular formula is C17H26FN3. The van der Waals surface area contributed by atoms with Crippen molar-refractivity contribution in [2.24, 2.45) is 11.7 Å². The summed E-state index contributed by atoms with van der Waals surface area (Å²) >= 11 is 0. The highest BCUT2D eigenvalue weighted by atomic mass is 19.1. The molecule has 2 aliphatic heterocycles. The van der Waals surface area contributed by atoms with Crippen molar-refractivity contribution in [1.29, 1.82) is 0 Å². The highest BCUT2D eigenvalue weighted by Crippen LogP contribution is 2.30. The van der Waals surface area contributed by atoms with E-state index in [4.69, 9.17) is 5.73 Å². The number of hydrogen-bond donors (Lipinski definition) is 1. The number of likely N-dealkylation sites (tertiary alicyclic amines) is 2. The molecule has 2 aliphatic rings. The summed E-state index contributed by atoms with van der Waals surface area (Å²) in [6.45, 7) is 4.40.